The average Bonchev–Trinajstić information content (AvgIpc) is 2.34. The van der Waals surface area contributed by atoms with E-state index in [0.717, 1.165) is 19.3 Å². The zero-order chi connectivity index (χ0) is 12.5. The Labute approximate surface area is 102 Å². The van der Waals surface area contributed by atoms with Gasteiger partial charge in [0.1, 0.15) is 0 Å². The van der Waals surface area contributed by atoms with E-state index in [0.29, 0.717) is 6.61 Å². The van der Waals surface area contributed by atoms with Gasteiger partial charge in [0.2, 0.25) is 0 Å². The molecule has 0 aromatic heterocycles. The Morgan fingerprint density at radius 1 is 1.35 bits per heavy atom. The van der Waals surface area contributed by atoms with E-state index in [4.69, 9.17) is 9.84 Å². The van der Waals surface area contributed by atoms with Gasteiger partial charge in [0.05, 0.1) is 12.5 Å². The molecule has 1 N–H and O–H groups in total. The molecule has 0 fully saturated rings. The molecule has 1 aromatic rings. The lowest BCUT2D eigenvalue weighted by Gasteiger charge is -2.13. The first-order chi connectivity index (χ1) is 8.22. The minimum atomic E-state index is -0.792. The summed E-state index contributed by atoms with van der Waals surface area (Å²) in [5, 5.41) is 8.67. The standard InChI is InChI=1S/C14H20O3/c1-2-13(11-14(15)16)17-10-6-9-12-7-4-3-5-8-12/h3-5,7-8,13H,2,6,9-11H2,1H3,(H,15,16). The molecule has 0 aliphatic carbocycles. The van der Waals surface area contributed by atoms with Crippen molar-refractivity contribution in [3.63, 3.8) is 0 Å². The van der Waals surface area contributed by atoms with Gasteiger partial charge in [0.15, 0.2) is 0 Å². The molecule has 1 atom stereocenters. The third kappa shape index (κ3) is 6.07. The Morgan fingerprint density at radius 2 is 2.06 bits per heavy atom. The molecule has 3 nitrogen and oxygen atoms in total. The minimum absolute atomic E-state index is 0.0990. The van der Waals surface area contributed by atoms with Gasteiger partial charge in [-0.05, 0) is 24.8 Å². The van der Waals surface area contributed by atoms with Gasteiger partial charge < -0.3 is 9.84 Å². The lowest BCUT2D eigenvalue weighted by molar-refractivity contribution is -0.140. The number of aliphatic carboxylic acids is 1. The molecule has 1 rings (SSSR count). The van der Waals surface area contributed by atoms with Crippen LogP contribution >= 0.6 is 0 Å². The predicted octanol–water partition coefficient (Wildman–Crippen LogP) is 2.89. The van der Waals surface area contributed by atoms with Crippen molar-refractivity contribution >= 4 is 5.97 Å². The van der Waals surface area contributed by atoms with E-state index in [1.807, 2.05) is 25.1 Å². The first-order valence-corrected chi connectivity index (χ1v) is 6.09. The lowest BCUT2D eigenvalue weighted by Crippen LogP contribution is -2.17. The molecule has 0 bridgehead atoms. The van der Waals surface area contributed by atoms with E-state index in [9.17, 15) is 4.79 Å². The highest BCUT2D eigenvalue weighted by molar-refractivity contribution is 5.67. The summed E-state index contributed by atoms with van der Waals surface area (Å²) in [5.74, 6) is -0.792. The number of carboxylic acid groups (broad SMARTS) is 1. The molecule has 0 saturated carbocycles. The van der Waals surface area contributed by atoms with Gasteiger partial charge in [0.25, 0.3) is 0 Å². The molecule has 3 heteroatoms. The number of benzene rings is 1. The lowest BCUT2D eigenvalue weighted by atomic mass is 10.1. The number of hydrogen-bond donors (Lipinski definition) is 1. The molecule has 17 heavy (non-hydrogen) atoms. The van der Waals surface area contributed by atoms with Crippen molar-refractivity contribution in [1.82, 2.24) is 0 Å². The maximum atomic E-state index is 10.5. The van der Waals surface area contributed by atoms with Crippen LogP contribution in [0.1, 0.15) is 31.7 Å². The molecule has 0 aliphatic heterocycles. The van der Waals surface area contributed by atoms with E-state index in [2.05, 4.69) is 12.1 Å². The zero-order valence-electron chi connectivity index (χ0n) is 10.3. The Hall–Kier alpha value is -1.35. The normalized spacial score (nSPS) is 12.3. The van der Waals surface area contributed by atoms with Crippen LogP contribution < -0.4 is 0 Å². The van der Waals surface area contributed by atoms with Crippen LogP contribution in [-0.2, 0) is 16.0 Å². The summed E-state index contributed by atoms with van der Waals surface area (Å²) in [6, 6.07) is 10.2. The quantitative estimate of drug-likeness (QED) is 0.706. The molecule has 0 saturated heterocycles. The molecule has 0 radical (unpaired) electrons. The summed E-state index contributed by atoms with van der Waals surface area (Å²) in [6.45, 7) is 2.57. The largest absolute Gasteiger partial charge is 0.481 e. The Balaban J connectivity index is 2.16. The highest BCUT2D eigenvalue weighted by Gasteiger charge is 2.10. The smallest absolute Gasteiger partial charge is 0.305 e. The molecule has 1 unspecified atom stereocenters. The summed E-state index contributed by atoms with van der Waals surface area (Å²) < 4.78 is 5.54. The third-order valence-corrected chi connectivity index (χ3v) is 2.66. The van der Waals surface area contributed by atoms with Gasteiger partial charge in [-0.3, -0.25) is 4.79 Å². The SMILES string of the molecule is CCC(CC(=O)O)OCCCc1ccccc1. The maximum Gasteiger partial charge on any atom is 0.305 e. The van der Waals surface area contributed by atoms with Crippen molar-refractivity contribution in [2.45, 2.75) is 38.7 Å². The number of ether oxygens (including phenoxy) is 1. The number of aryl methyl sites for hydroxylation is 1. The summed E-state index contributed by atoms with van der Waals surface area (Å²) in [4.78, 5) is 10.5. The van der Waals surface area contributed by atoms with Crippen molar-refractivity contribution in [2.75, 3.05) is 6.61 Å². The first-order valence-electron chi connectivity index (χ1n) is 6.09. The topological polar surface area (TPSA) is 46.5 Å². The van der Waals surface area contributed by atoms with Crippen molar-refractivity contribution in [2.24, 2.45) is 0 Å². The second-order valence-corrected chi connectivity index (χ2v) is 4.09. The summed E-state index contributed by atoms with van der Waals surface area (Å²) in [7, 11) is 0. The van der Waals surface area contributed by atoms with Crippen LogP contribution in [0.15, 0.2) is 30.3 Å². The van der Waals surface area contributed by atoms with Crippen molar-refractivity contribution in [3.8, 4) is 0 Å². The maximum absolute atomic E-state index is 10.5. The van der Waals surface area contributed by atoms with Crippen molar-refractivity contribution in [1.29, 1.82) is 0 Å². The summed E-state index contributed by atoms with van der Waals surface area (Å²) >= 11 is 0. The van der Waals surface area contributed by atoms with Crippen LogP contribution in [0.3, 0.4) is 0 Å². The van der Waals surface area contributed by atoms with Crippen LogP contribution in [0.4, 0.5) is 0 Å². The number of carbonyl (C=O) groups is 1. The van der Waals surface area contributed by atoms with Crippen LogP contribution in [0.25, 0.3) is 0 Å². The van der Waals surface area contributed by atoms with Crippen LogP contribution in [0.2, 0.25) is 0 Å². The molecule has 1 aromatic carbocycles. The van der Waals surface area contributed by atoms with Gasteiger partial charge in [-0.15, -0.1) is 0 Å². The fourth-order valence-electron chi connectivity index (χ4n) is 1.69. The average molecular weight is 236 g/mol. The number of rotatable bonds is 8. The van der Waals surface area contributed by atoms with Crippen LogP contribution in [0.5, 0.6) is 0 Å². The summed E-state index contributed by atoms with van der Waals surface area (Å²) in [5.41, 5.74) is 1.29. The third-order valence-electron chi connectivity index (χ3n) is 2.66. The number of hydrogen-bond acceptors (Lipinski definition) is 2. The van der Waals surface area contributed by atoms with Crippen LogP contribution in [0, 0.1) is 0 Å². The fourth-order valence-corrected chi connectivity index (χ4v) is 1.69. The molecule has 0 spiro atoms. The molecular formula is C14H20O3. The van der Waals surface area contributed by atoms with Crippen LogP contribution in [-0.4, -0.2) is 23.8 Å². The highest BCUT2D eigenvalue weighted by atomic mass is 16.5. The Morgan fingerprint density at radius 3 is 2.65 bits per heavy atom. The second kappa shape index (κ2) is 7.85. The van der Waals surface area contributed by atoms with E-state index >= 15 is 0 Å². The van der Waals surface area contributed by atoms with Crippen molar-refractivity contribution < 1.29 is 14.6 Å². The Kier molecular flexibility index (Phi) is 6.33. The van der Waals surface area contributed by atoms with E-state index in [1.165, 1.54) is 5.56 Å². The van der Waals surface area contributed by atoms with Crippen molar-refractivity contribution in [3.05, 3.63) is 35.9 Å². The van der Waals surface area contributed by atoms with Gasteiger partial charge in [0, 0.05) is 6.61 Å². The van der Waals surface area contributed by atoms with E-state index in [1.54, 1.807) is 0 Å². The Bertz CT molecular complexity index is 321. The van der Waals surface area contributed by atoms with Gasteiger partial charge in [-0.2, -0.15) is 0 Å². The zero-order valence-corrected chi connectivity index (χ0v) is 10.3. The highest BCUT2D eigenvalue weighted by Crippen LogP contribution is 2.07. The number of carboxylic acids is 1. The molecule has 0 amide bonds. The fraction of sp³-hybridized carbons (Fsp3) is 0.500. The summed E-state index contributed by atoms with van der Waals surface area (Å²) in [6.07, 6.45) is 2.60. The molecule has 0 heterocycles. The molecule has 0 aliphatic rings. The predicted molar refractivity (Wildman–Crippen MR) is 67.0 cm³/mol. The first kappa shape index (κ1) is 13.7. The van der Waals surface area contributed by atoms with Gasteiger partial charge in [-0.1, -0.05) is 37.3 Å². The second-order valence-electron chi connectivity index (χ2n) is 4.09. The van der Waals surface area contributed by atoms with Gasteiger partial charge in [-0.25, -0.2) is 0 Å². The monoisotopic (exact) mass is 236 g/mol. The molecular weight excluding hydrogens is 216 g/mol. The van der Waals surface area contributed by atoms with E-state index in [-0.39, 0.29) is 12.5 Å². The van der Waals surface area contributed by atoms with E-state index < -0.39 is 5.97 Å². The minimum Gasteiger partial charge on any atom is -0.481 e. The van der Waals surface area contributed by atoms with Gasteiger partial charge >= 0.3 is 5.97 Å². The molecule has 94 valence electrons.